The molecule has 10 heteroatoms. The Morgan fingerprint density at radius 1 is 1.30 bits per heavy atom. The Hall–Kier alpha value is -2.23. The highest BCUT2D eigenvalue weighted by Gasteiger charge is 2.20. The number of carbonyl (C=O) groups is 1. The van der Waals surface area contributed by atoms with Crippen LogP contribution in [0.4, 0.5) is 0 Å². The molecule has 1 aromatic heterocycles. The summed E-state index contributed by atoms with van der Waals surface area (Å²) < 4.78 is 13.4. The van der Waals surface area contributed by atoms with Gasteiger partial charge in [0.05, 0.1) is 23.7 Å². The average molecular weight is 600 g/mol. The number of fused-ring (bicyclic) bond motifs is 1. The Labute approximate surface area is 213 Å². The molecule has 0 N–H and O–H groups in total. The normalized spacial score (nSPS) is 12.3. The minimum Gasteiger partial charge on any atom is -0.490 e. The molecule has 0 spiro atoms. The third-order valence-electron chi connectivity index (χ3n) is 4.90. The van der Waals surface area contributed by atoms with Crippen LogP contribution in [0.1, 0.15) is 51.4 Å². The fraction of sp³-hybridized carbons (Fsp3) is 0.304. The number of esters is 1. The van der Waals surface area contributed by atoms with Crippen LogP contribution in [0.25, 0.3) is 10.9 Å². The highest BCUT2D eigenvalue weighted by Crippen LogP contribution is 2.42. The predicted octanol–water partition coefficient (Wildman–Crippen LogP) is 6.29. The number of nitrogens with zero attached hydrogens (tertiary/aromatic N) is 3. The monoisotopic (exact) mass is 597 g/mol. The Morgan fingerprint density at radius 2 is 2.03 bits per heavy atom. The van der Waals surface area contributed by atoms with Gasteiger partial charge in [0.2, 0.25) is 0 Å². The molecular weight excluding hydrogens is 578 g/mol. The van der Waals surface area contributed by atoms with Crippen molar-refractivity contribution in [2.45, 2.75) is 40.0 Å². The van der Waals surface area contributed by atoms with Crippen LogP contribution in [-0.2, 0) is 4.79 Å². The minimum atomic E-state index is -0.524. The van der Waals surface area contributed by atoms with Gasteiger partial charge in [-0.05, 0) is 53.5 Å². The van der Waals surface area contributed by atoms with Crippen molar-refractivity contribution < 1.29 is 14.3 Å². The van der Waals surface area contributed by atoms with Crippen molar-refractivity contribution in [2.24, 2.45) is 5.10 Å². The standard InChI is InChI=1S/C23H22Br2ClN3O4/c1-5-12(3)22-28-17-8-7-15(24)10-16(17)23(31)29(22)27-11-14-9-18(32-6-2)21(33-13(4)30)20(26)19(14)25/h7-12H,5-6H2,1-4H3/t12-/m1/s1. The molecule has 0 aliphatic rings. The second-order valence-corrected chi connectivity index (χ2v) is 9.34. The Bertz CT molecular complexity index is 1310. The molecule has 3 aromatic rings. The summed E-state index contributed by atoms with van der Waals surface area (Å²) in [7, 11) is 0. The predicted molar refractivity (Wildman–Crippen MR) is 137 cm³/mol. The molecular formula is C23H22Br2ClN3O4. The maximum atomic E-state index is 13.3. The smallest absolute Gasteiger partial charge is 0.308 e. The third-order valence-corrected chi connectivity index (χ3v) is 6.84. The van der Waals surface area contributed by atoms with Crippen molar-refractivity contribution in [3.63, 3.8) is 0 Å². The van der Waals surface area contributed by atoms with Crippen molar-refractivity contribution in [1.82, 2.24) is 9.66 Å². The molecule has 0 radical (unpaired) electrons. The quantitative estimate of drug-likeness (QED) is 0.181. The molecule has 0 saturated heterocycles. The van der Waals surface area contributed by atoms with E-state index in [2.05, 4.69) is 37.0 Å². The lowest BCUT2D eigenvalue weighted by Gasteiger charge is -2.15. The Balaban J connectivity index is 2.20. The van der Waals surface area contributed by atoms with E-state index in [1.54, 1.807) is 25.1 Å². The molecule has 2 aromatic carbocycles. The molecule has 1 atom stereocenters. The molecule has 1 heterocycles. The van der Waals surface area contributed by atoms with Crippen molar-refractivity contribution in [2.75, 3.05) is 6.61 Å². The van der Waals surface area contributed by atoms with E-state index in [1.807, 2.05) is 19.9 Å². The van der Waals surface area contributed by atoms with Crippen LogP contribution in [0.5, 0.6) is 11.5 Å². The number of rotatable bonds is 7. The van der Waals surface area contributed by atoms with Crippen molar-refractivity contribution in [3.05, 3.63) is 60.0 Å². The zero-order valence-electron chi connectivity index (χ0n) is 18.5. The van der Waals surface area contributed by atoms with Gasteiger partial charge in [-0.2, -0.15) is 9.78 Å². The second-order valence-electron chi connectivity index (χ2n) is 7.25. The first-order valence-electron chi connectivity index (χ1n) is 10.3. The fourth-order valence-corrected chi connectivity index (χ4v) is 4.10. The van der Waals surface area contributed by atoms with E-state index in [1.165, 1.54) is 17.8 Å². The van der Waals surface area contributed by atoms with Crippen LogP contribution >= 0.6 is 43.5 Å². The van der Waals surface area contributed by atoms with Crippen LogP contribution in [0.15, 0.2) is 43.1 Å². The average Bonchev–Trinajstić information content (AvgIpc) is 2.78. The number of hydrogen-bond donors (Lipinski definition) is 0. The molecule has 0 unspecified atom stereocenters. The highest BCUT2D eigenvalue weighted by molar-refractivity contribution is 9.10. The van der Waals surface area contributed by atoms with Gasteiger partial charge in [-0.25, -0.2) is 4.98 Å². The zero-order chi connectivity index (χ0) is 24.3. The van der Waals surface area contributed by atoms with Gasteiger partial charge < -0.3 is 9.47 Å². The van der Waals surface area contributed by atoms with Crippen LogP contribution in [0.2, 0.25) is 5.02 Å². The van der Waals surface area contributed by atoms with Gasteiger partial charge in [0, 0.05) is 27.4 Å². The lowest BCUT2D eigenvalue weighted by Crippen LogP contribution is -2.23. The Kier molecular flexibility index (Phi) is 8.31. The van der Waals surface area contributed by atoms with Gasteiger partial charge in [0.1, 0.15) is 10.8 Å². The fourth-order valence-electron chi connectivity index (χ4n) is 3.10. The van der Waals surface area contributed by atoms with Crippen LogP contribution in [0.3, 0.4) is 0 Å². The minimum absolute atomic E-state index is 0.000235. The van der Waals surface area contributed by atoms with E-state index in [0.717, 1.165) is 10.9 Å². The van der Waals surface area contributed by atoms with E-state index < -0.39 is 5.97 Å². The first kappa shape index (κ1) is 25.4. The summed E-state index contributed by atoms with van der Waals surface area (Å²) in [6.45, 7) is 7.44. The summed E-state index contributed by atoms with van der Waals surface area (Å²) in [6.07, 6.45) is 2.28. The van der Waals surface area contributed by atoms with Gasteiger partial charge in [-0.15, -0.1) is 0 Å². The van der Waals surface area contributed by atoms with Crippen molar-refractivity contribution in [1.29, 1.82) is 0 Å². The van der Waals surface area contributed by atoms with E-state index in [9.17, 15) is 9.59 Å². The van der Waals surface area contributed by atoms with Gasteiger partial charge in [-0.1, -0.05) is 41.4 Å². The first-order valence-corrected chi connectivity index (χ1v) is 12.2. The summed E-state index contributed by atoms with van der Waals surface area (Å²) >= 11 is 13.3. The van der Waals surface area contributed by atoms with Crippen molar-refractivity contribution >= 4 is 66.5 Å². The number of aromatic nitrogens is 2. The molecule has 0 fully saturated rings. The molecule has 3 rings (SSSR count). The van der Waals surface area contributed by atoms with Gasteiger partial charge in [0.15, 0.2) is 11.5 Å². The number of hydrogen-bond acceptors (Lipinski definition) is 6. The topological polar surface area (TPSA) is 82.8 Å². The molecule has 174 valence electrons. The third kappa shape index (κ3) is 5.47. The largest absolute Gasteiger partial charge is 0.490 e. The number of benzene rings is 2. The Morgan fingerprint density at radius 3 is 2.67 bits per heavy atom. The second kappa shape index (κ2) is 10.8. The first-order chi connectivity index (χ1) is 15.7. The van der Waals surface area contributed by atoms with Crippen molar-refractivity contribution in [3.8, 4) is 11.5 Å². The van der Waals surface area contributed by atoms with Gasteiger partial charge >= 0.3 is 5.97 Å². The van der Waals surface area contributed by atoms with E-state index in [0.29, 0.717) is 33.4 Å². The summed E-state index contributed by atoms with van der Waals surface area (Å²) in [5.41, 5.74) is 0.867. The summed E-state index contributed by atoms with van der Waals surface area (Å²) in [6, 6.07) is 7.02. The van der Waals surface area contributed by atoms with Crippen LogP contribution in [0, 0.1) is 0 Å². The lowest BCUT2D eigenvalue weighted by molar-refractivity contribution is -0.132. The molecule has 0 amide bonds. The SMILES string of the molecule is CCOc1cc(C=Nn2c([C@H](C)CC)nc3ccc(Br)cc3c2=O)c(Br)c(Cl)c1OC(C)=O. The molecule has 0 saturated carbocycles. The number of carbonyl (C=O) groups excluding carboxylic acids is 1. The highest BCUT2D eigenvalue weighted by atomic mass is 79.9. The van der Waals surface area contributed by atoms with E-state index in [4.69, 9.17) is 26.1 Å². The molecule has 33 heavy (non-hydrogen) atoms. The van der Waals surface area contributed by atoms with Gasteiger partial charge in [-0.3, -0.25) is 9.59 Å². The summed E-state index contributed by atoms with van der Waals surface area (Å²) in [5, 5.41) is 5.08. The summed E-state index contributed by atoms with van der Waals surface area (Å²) in [4.78, 5) is 29.5. The molecule has 0 aliphatic heterocycles. The molecule has 0 bridgehead atoms. The molecule has 0 aliphatic carbocycles. The van der Waals surface area contributed by atoms with E-state index in [-0.39, 0.29) is 28.0 Å². The lowest BCUT2D eigenvalue weighted by atomic mass is 10.1. The van der Waals surface area contributed by atoms with Crippen LogP contribution in [-0.4, -0.2) is 28.5 Å². The maximum Gasteiger partial charge on any atom is 0.308 e. The number of ether oxygens (including phenoxy) is 2. The zero-order valence-corrected chi connectivity index (χ0v) is 22.4. The van der Waals surface area contributed by atoms with Crippen LogP contribution < -0.4 is 15.0 Å². The van der Waals surface area contributed by atoms with Gasteiger partial charge in [0.25, 0.3) is 5.56 Å². The molecule has 7 nitrogen and oxygen atoms in total. The number of halogens is 3. The summed E-state index contributed by atoms with van der Waals surface area (Å²) in [5.74, 6) is 0.434. The maximum absolute atomic E-state index is 13.3. The van der Waals surface area contributed by atoms with E-state index >= 15 is 0 Å².